The Labute approximate surface area is 151 Å². The number of amides is 3. The first-order valence-electron chi connectivity index (χ1n) is 8.80. The Morgan fingerprint density at radius 3 is 2.56 bits per heavy atom. The highest BCUT2D eigenvalue weighted by Gasteiger charge is 2.31. The number of imide groups is 1. The summed E-state index contributed by atoms with van der Waals surface area (Å²) in [5.41, 5.74) is 0.388. The third-order valence-corrected chi connectivity index (χ3v) is 5.13. The van der Waals surface area contributed by atoms with Crippen LogP contribution in [0.15, 0.2) is 18.2 Å². The fourth-order valence-corrected chi connectivity index (χ4v) is 3.51. The maximum atomic E-state index is 14.0. The summed E-state index contributed by atoms with van der Waals surface area (Å²) in [6.45, 7) is 0.307. The van der Waals surface area contributed by atoms with Crippen molar-refractivity contribution in [3.05, 3.63) is 34.6 Å². The van der Waals surface area contributed by atoms with Crippen molar-refractivity contribution in [3.63, 3.8) is 0 Å². The van der Waals surface area contributed by atoms with Crippen LogP contribution in [0.5, 0.6) is 0 Å². The molecule has 2 aliphatic rings. The first-order chi connectivity index (χ1) is 12.0. The summed E-state index contributed by atoms with van der Waals surface area (Å²) in [5.74, 6) is -0.757. The highest BCUT2D eigenvalue weighted by Crippen LogP contribution is 2.30. The summed E-state index contributed by atoms with van der Waals surface area (Å²) >= 11 is 6.08. The van der Waals surface area contributed by atoms with E-state index in [9.17, 15) is 14.0 Å². The van der Waals surface area contributed by atoms with Gasteiger partial charge in [-0.15, -0.1) is 0 Å². The number of halogens is 2. The van der Waals surface area contributed by atoms with Crippen LogP contribution in [-0.2, 0) is 11.3 Å². The second-order valence-electron chi connectivity index (χ2n) is 6.84. The normalized spacial score (nSPS) is 17.7. The Bertz CT molecular complexity index is 625. The van der Waals surface area contributed by atoms with Crippen molar-refractivity contribution in [2.75, 3.05) is 6.54 Å². The number of nitrogens with one attached hydrogen (secondary N) is 2. The SMILES string of the molecule is O=C(CN(Cc1c(F)cccc1Cl)C1CC1)NC(=O)NC1CCCC1. The van der Waals surface area contributed by atoms with Crippen LogP contribution in [0.25, 0.3) is 0 Å². The van der Waals surface area contributed by atoms with E-state index in [0.717, 1.165) is 38.5 Å². The van der Waals surface area contributed by atoms with Crippen LogP contribution in [0.2, 0.25) is 5.02 Å². The molecule has 0 heterocycles. The minimum Gasteiger partial charge on any atom is -0.335 e. The van der Waals surface area contributed by atoms with Crippen molar-refractivity contribution in [3.8, 4) is 0 Å². The molecule has 1 aromatic rings. The summed E-state index contributed by atoms with van der Waals surface area (Å²) in [5, 5.41) is 5.55. The monoisotopic (exact) mass is 367 g/mol. The van der Waals surface area contributed by atoms with Crippen molar-refractivity contribution >= 4 is 23.5 Å². The topological polar surface area (TPSA) is 61.4 Å². The third kappa shape index (κ3) is 5.16. The standard InChI is InChI=1S/C18H23ClFN3O2/c19-15-6-3-7-16(20)14(15)10-23(13-8-9-13)11-17(24)22-18(25)21-12-4-1-2-5-12/h3,6-7,12-13H,1-2,4-5,8-11H2,(H2,21,22,24,25). The molecule has 2 aliphatic carbocycles. The largest absolute Gasteiger partial charge is 0.335 e. The van der Waals surface area contributed by atoms with E-state index in [1.807, 2.05) is 4.90 Å². The number of nitrogens with zero attached hydrogens (tertiary/aromatic N) is 1. The molecule has 0 unspecified atom stereocenters. The zero-order chi connectivity index (χ0) is 17.8. The first kappa shape index (κ1) is 18.1. The van der Waals surface area contributed by atoms with Gasteiger partial charge >= 0.3 is 6.03 Å². The van der Waals surface area contributed by atoms with E-state index in [4.69, 9.17) is 11.6 Å². The van der Waals surface area contributed by atoms with Gasteiger partial charge in [-0.1, -0.05) is 30.5 Å². The average Bonchev–Trinajstić information content (AvgIpc) is 3.28. The molecule has 2 N–H and O–H groups in total. The molecule has 0 atom stereocenters. The minimum absolute atomic E-state index is 0.0490. The predicted octanol–water partition coefficient (Wildman–Crippen LogP) is 3.21. The quantitative estimate of drug-likeness (QED) is 0.811. The van der Waals surface area contributed by atoms with Gasteiger partial charge in [-0.05, 0) is 37.8 Å². The molecule has 0 bridgehead atoms. The second kappa shape index (κ2) is 8.15. The molecular formula is C18H23ClFN3O2. The van der Waals surface area contributed by atoms with Gasteiger partial charge in [0, 0.05) is 29.2 Å². The predicted molar refractivity (Wildman–Crippen MR) is 93.8 cm³/mol. The molecule has 1 aromatic carbocycles. The maximum absolute atomic E-state index is 14.0. The van der Waals surface area contributed by atoms with E-state index in [1.54, 1.807) is 12.1 Å². The molecule has 25 heavy (non-hydrogen) atoms. The Kier molecular flexibility index (Phi) is 5.91. The van der Waals surface area contributed by atoms with E-state index in [1.165, 1.54) is 6.07 Å². The number of carbonyl (C=O) groups is 2. The highest BCUT2D eigenvalue weighted by atomic mass is 35.5. The molecule has 2 fully saturated rings. The smallest absolute Gasteiger partial charge is 0.321 e. The molecule has 7 heteroatoms. The number of benzene rings is 1. The zero-order valence-corrected chi connectivity index (χ0v) is 14.8. The molecule has 0 saturated heterocycles. The van der Waals surface area contributed by atoms with E-state index < -0.39 is 6.03 Å². The summed E-state index contributed by atoms with van der Waals surface area (Å²) in [6, 6.07) is 4.50. The lowest BCUT2D eigenvalue weighted by atomic mass is 10.2. The average molecular weight is 368 g/mol. The summed E-state index contributed by atoms with van der Waals surface area (Å²) in [4.78, 5) is 26.0. The van der Waals surface area contributed by atoms with Crippen LogP contribution in [-0.4, -0.2) is 35.5 Å². The van der Waals surface area contributed by atoms with Gasteiger partial charge in [0.25, 0.3) is 0 Å². The number of carbonyl (C=O) groups excluding carboxylic acids is 2. The lowest BCUT2D eigenvalue weighted by molar-refractivity contribution is -0.121. The van der Waals surface area contributed by atoms with E-state index in [-0.39, 0.29) is 36.9 Å². The fourth-order valence-electron chi connectivity index (χ4n) is 3.28. The molecule has 136 valence electrons. The van der Waals surface area contributed by atoms with Crippen LogP contribution in [0.1, 0.15) is 44.1 Å². The van der Waals surface area contributed by atoms with Gasteiger partial charge in [-0.25, -0.2) is 9.18 Å². The Balaban J connectivity index is 1.54. The lowest BCUT2D eigenvalue weighted by Crippen LogP contribution is -2.47. The molecule has 2 saturated carbocycles. The number of hydrogen-bond donors (Lipinski definition) is 2. The van der Waals surface area contributed by atoms with E-state index in [2.05, 4.69) is 10.6 Å². The van der Waals surface area contributed by atoms with Crippen LogP contribution in [0.3, 0.4) is 0 Å². The maximum Gasteiger partial charge on any atom is 0.321 e. The van der Waals surface area contributed by atoms with Crippen molar-refractivity contribution in [2.24, 2.45) is 0 Å². The number of hydrogen-bond acceptors (Lipinski definition) is 3. The van der Waals surface area contributed by atoms with Crippen LogP contribution in [0.4, 0.5) is 9.18 Å². The van der Waals surface area contributed by atoms with Gasteiger partial charge in [0.05, 0.1) is 6.54 Å². The Morgan fingerprint density at radius 2 is 1.92 bits per heavy atom. The van der Waals surface area contributed by atoms with Gasteiger partial charge < -0.3 is 5.32 Å². The number of rotatable bonds is 6. The van der Waals surface area contributed by atoms with E-state index in [0.29, 0.717) is 10.6 Å². The third-order valence-electron chi connectivity index (χ3n) is 4.78. The fraction of sp³-hybridized carbons (Fsp3) is 0.556. The first-order valence-corrected chi connectivity index (χ1v) is 9.18. The van der Waals surface area contributed by atoms with Gasteiger partial charge in [-0.3, -0.25) is 15.0 Å². The van der Waals surface area contributed by atoms with Crippen molar-refractivity contribution in [1.29, 1.82) is 0 Å². The molecule has 5 nitrogen and oxygen atoms in total. The molecule has 0 aromatic heterocycles. The summed E-state index contributed by atoms with van der Waals surface area (Å²) in [6.07, 6.45) is 6.07. The molecule has 0 radical (unpaired) electrons. The molecule has 3 rings (SSSR count). The van der Waals surface area contributed by atoms with Crippen LogP contribution >= 0.6 is 11.6 Å². The molecule has 0 aliphatic heterocycles. The molecule has 0 spiro atoms. The Hall–Kier alpha value is -1.66. The van der Waals surface area contributed by atoms with Gasteiger partial charge in [0.15, 0.2) is 0 Å². The van der Waals surface area contributed by atoms with Gasteiger partial charge in [0.1, 0.15) is 5.82 Å². The van der Waals surface area contributed by atoms with Crippen LogP contribution < -0.4 is 10.6 Å². The van der Waals surface area contributed by atoms with Crippen molar-refractivity contribution in [1.82, 2.24) is 15.5 Å². The molecule has 3 amide bonds. The van der Waals surface area contributed by atoms with Gasteiger partial charge in [-0.2, -0.15) is 0 Å². The number of urea groups is 1. The second-order valence-corrected chi connectivity index (χ2v) is 7.25. The minimum atomic E-state index is -0.448. The summed E-state index contributed by atoms with van der Waals surface area (Å²) in [7, 11) is 0. The highest BCUT2D eigenvalue weighted by molar-refractivity contribution is 6.31. The van der Waals surface area contributed by atoms with Gasteiger partial charge in [0.2, 0.25) is 5.91 Å². The molecular weight excluding hydrogens is 345 g/mol. The zero-order valence-electron chi connectivity index (χ0n) is 14.1. The van der Waals surface area contributed by atoms with E-state index >= 15 is 0 Å². The lowest BCUT2D eigenvalue weighted by Gasteiger charge is -2.22. The van der Waals surface area contributed by atoms with Crippen molar-refractivity contribution in [2.45, 2.75) is 57.2 Å². The summed E-state index contributed by atoms with van der Waals surface area (Å²) < 4.78 is 14.0. The van der Waals surface area contributed by atoms with Crippen LogP contribution in [0, 0.1) is 5.82 Å². The van der Waals surface area contributed by atoms with Crippen molar-refractivity contribution < 1.29 is 14.0 Å². The Morgan fingerprint density at radius 1 is 1.20 bits per heavy atom.